The lowest BCUT2D eigenvalue weighted by atomic mass is 9.88. The molecule has 3 amide bonds. The van der Waals surface area contributed by atoms with E-state index in [-0.39, 0.29) is 29.6 Å². The third-order valence-electron chi connectivity index (χ3n) is 4.10. The third-order valence-corrected chi connectivity index (χ3v) is 4.10. The molecule has 2 unspecified atom stereocenters. The smallest absolute Gasteiger partial charge is 0.317 e. The number of likely N-dealkylation sites (tertiary alicyclic amines) is 1. The van der Waals surface area contributed by atoms with Gasteiger partial charge in [0, 0.05) is 32.1 Å². The van der Waals surface area contributed by atoms with Crippen LogP contribution in [-0.2, 0) is 4.79 Å². The number of benzene rings is 1. The molecule has 1 saturated heterocycles. The van der Waals surface area contributed by atoms with Crippen LogP contribution in [0.15, 0.2) is 24.3 Å². The van der Waals surface area contributed by atoms with E-state index in [0.717, 1.165) is 12.0 Å². The Hall–Kier alpha value is -2.11. The molecule has 1 aliphatic rings. The van der Waals surface area contributed by atoms with Crippen LogP contribution in [0.3, 0.4) is 0 Å². The standard InChI is InChI=1S/C17H24FN3O2/c1-3-8-20-16(22)15-11-21(17(23)19-4-2)10-14(15)12-6-5-7-13(18)9-12/h5-7,9,14-15H,3-4,8,10-11H2,1-2H3,(H,19,23)(H,20,22). The maximum absolute atomic E-state index is 13.5. The Labute approximate surface area is 136 Å². The van der Waals surface area contributed by atoms with Crippen molar-refractivity contribution in [2.75, 3.05) is 26.2 Å². The predicted octanol–water partition coefficient (Wildman–Crippen LogP) is 2.10. The minimum Gasteiger partial charge on any atom is -0.356 e. The van der Waals surface area contributed by atoms with E-state index in [1.807, 2.05) is 19.9 Å². The van der Waals surface area contributed by atoms with E-state index in [0.29, 0.717) is 26.2 Å². The van der Waals surface area contributed by atoms with Crippen LogP contribution in [0, 0.1) is 11.7 Å². The van der Waals surface area contributed by atoms with Gasteiger partial charge in [0.15, 0.2) is 0 Å². The second kappa shape index (κ2) is 7.94. The Morgan fingerprint density at radius 3 is 2.70 bits per heavy atom. The first-order valence-electron chi connectivity index (χ1n) is 8.12. The zero-order chi connectivity index (χ0) is 16.8. The molecule has 0 aliphatic carbocycles. The fourth-order valence-corrected chi connectivity index (χ4v) is 2.95. The highest BCUT2D eigenvalue weighted by Gasteiger charge is 2.40. The minimum absolute atomic E-state index is 0.0760. The lowest BCUT2D eigenvalue weighted by molar-refractivity contribution is -0.124. The number of hydrogen-bond donors (Lipinski definition) is 2. The van der Waals surface area contributed by atoms with Crippen LogP contribution in [0.2, 0.25) is 0 Å². The van der Waals surface area contributed by atoms with Gasteiger partial charge in [-0.3, -0.25) is 4.79 Å². The lowest BCUT2D eigenvalue weighted by Gasteiger charge is -2.18. The monoisotopic (exact) mass is 321 g/mol. The van der Waals surface area contributed by atoms with Crippen LogP contribution in [0.4, 0.5) is 9.18 Å². The number of nitrogens with one attached hydrogen (secondary N) is 2. The zero-order valence-electron chi connectivity index (χ0n) is 13.6. The Bertz CT molecular complexity index is 565. The van der Waals surface area contributed by atoms with Gasteiger partial charge in [0.2, 0.25) is 5.91 Å². The van der Waals surface area contributed by atoms with Gasteiger partial charge in [-0.15, -0.1) is 0 Å². The molecule has 23 heavy (non-hydrogen) atoms. The molecule has 2 rings (SSSR count). The van der Waals surface area contributed by atoms with Crippen LogP contribution in [0.1, 0.15) is 31.7 Å². The van der Waals surface area contributed by atoms with Gasteiger partial charge < -0.3 is 15.5 Å². The molecule has 2 N–H and O–H groups in total. The quantitative estimate of drug-likeness (QED) is 0.872. The highest BCUT2D eigenvalue weighted by molar-refractivity contribution is 5.82. The number of halogens is 1. The van der Waals surface area contributed by atoms with Crippen molar-refractivity contribution in [3.8, 4) is 0 Å². The first-order chi connectivity index (χ1) is 11.1. The van der Waals surface area contributed by atoms with Crippen LogP contribution in [-0.4, -0.2) is 43.0 Å². The number of amides is 3. The molecule has 2 atom stereocenters. The van der Waals surface area contributed by atoms with Gasteiger partial charge in [0.1, 0.15) is 5.82 Å². The van der Waals surface area contributed by atoms with Crippen LogP contribution in [0.25, 0.3) is 0 Å². The van der Waals surface area contributed by atoms with Gasteiger partial charge in [0.05, 0.1) is 5.92 Å². The molecule has 1 fully saturated rings. The van der Waals surface area contributed by atoms with E-state index in [2.05, 4.69) is 10.6 Å². The molecule has 0 spiro atoms. The average molecular weight is 321 g/mol. The van der Waals surface area contributed by atoms with Gasteiger partial charge in [-0.05, 0) is 31.0 Å². The van der Waals surface area contributed by atoms with Crippen LogP contribution in [0.5, 0.6) is 0 Å². The van der Waals surface area contributed by atoms with Gasteiger partial charge in [-0.2, -0.15) is 0 Å². The number of hydrogen-bond acceptors (Lipinski definition) is 2. The highest BCUT2D eigenvalue weighted by atomic mass is 19.1. The molecule has 0 saturated carbocycles. The molecular weight excluding hydrogens is 297 g/mol. The fraction of sp³-hybridized carbons (Fsp3) is 0.529. The third kappa shape index (κ3) is 4.21. The van der Waals surface area contributed by atoms with Gasteiger partial charge in [-0.25, -0.2) is 9.18 Å². The van der Waals surface area contributed by atoms with Crippen LogP contribution < -0.4 is 10.6 Å². The maximum atomic E-state index is 13.5. The molecule has 126 valence electrons. The molecule has 5 nitrogen and oxygen atoms in total. The summed E-state index contributed by atoms with van der Waals surface area (Å²) >= 11 is 0. The topological polar surface area (TPSA) is 61.4 Å². The normalized spacial score (nSPS) is 20.4. The van der Waals surface area contributed by atoms with Crippen molar-refractivity contribution in [2.45, 2.75) is 26.2 Å². The molecule has 1 aliphatic heterocycles. The van der Waals surface area contributed by atoms with E-state index < -0.39 is 0 Å². The van der Waals surface area contributed by atoms with E-state index in [1.165, 1.54) is 12.1 Å². The molecular formula is C17H24FN3O2. The second-order valence-corrected chi connectivity index (χ2v) is 5.80. The zero-order valence-corrected chi connectivity index (χ0v) is 13.6. The Kier molecular flexibility index (Phi) is 5.96. The summed E-state index contributed by atoms with van der Waals surface area (Å²) in [5, 5.41) is 5.64. The number of rotatable bonds is 5. The summed E-state index contributed by atoms with van der Waals surface area (Å²) in [6, 6.07) is 6.10. The predicted molar refractivity (Wildman–Crippen MR) is 86.6 cm³/mol. The average Bonchev–Trinajstić information content (AvgIpc) is 2.98. The van der Waals surface area contributed by atoms with Gasteiger partial charge in [0.25, 0.3) is 0 Å². The summed E-state index contributed by atoms with van der Waals surface area (Å²) in [5.41, 5.74) is 0.758. The number of nitrogens with zero attached hydrogens (tertiary/aromatic N) is 1. The summed E-state index contributed by atoms with van der Waals surface area (Å²) in [6.07, 6.45) is 0.850. The lowest BCUT2D eigenvalue weighted by Crippen LogP contribution is -2.40. The fourth-order valence-electron chi connectivity index (χ4n) is 2.95. The molecule has 0 radical (unpaired) electrons. The minimum atomic E-state index is -0.356. The van der Waals surface area contributed by atoms with Crippen molar-refractivity contribution in [2.24, 2.45) is 5.92 Å². The van der Waals surface area contributed by atoms with E-state index in [1.54, 1.807) is 11.0 Å². The van der Waals surface area contributed by atoms with E-state index >= 15 is 0 Å². The molecule has 1 aromatic rings. The molecule has 6 heteroatoms. The molecule has 1 heterocycles. The second-order valence-electron chi connectivity index (χ2n) is 5.80. The van der Waals surface area contributed by atoms with Crippen molar-refractivity contribution < 1.29 is 14.0 Å². The molecule has 1 aromatic carbocycles. The summed E-state index contributed by atoms with van der Waals surface area (Å²) in [6.45, 7) is 5.74. The summed E-state index contributed by atoms with van der Waals surface area (Å²) < 4.78 is 13.5. The molecule has 0 bridgehead atoms. The van der Waals surface area contributed by atoms with Gasteiger partial charge >= 0.3 is 6.03 Å². The Balaban J connectivity index is 2.20. The van der Waals surface area contributed by atoms with Crippen molar-refractivity contribution in [3.63, 3.8) is 0 Å². The number of carbonyl (C=O) groups is 2. The maximum Gasteiger partial charge on any atom is 0.317 e. The number of urea groups is 1. The summed E-state index contributed by atoms with van der Waals surface area (Å²) in [4.78, 5) is 26.2. The van der Waals surface area contributed by atoms with Crippen molar-refractivity contribution in [1.29, 1.82) is 0 Å². The number of carbonyl (C=O) groups excluding carboxylic acids is 2. The van der Waals surface area contributed by atoms with E-state index in [4.69, 9.17) is 0 Å². The first kappa shape index (κ1) is 17.2. The largest absolute Gasteiger partial charge is 0.356 e. The van der Waals surface area contributed by atoms with Crippen molar-refractivity contribution >= 4 is 11.9 Å². The first-order valence-corrected chi connectivity index (χ1v) is 8.12. The van der Waals surface area contributed by atoms with Gasteiger partial charge in [-0.1, -0.05) is 19.1 Å². The van der Waals surface area contributed by atoms with Crippen molar-refractivity contribution in [3.05, 3.63) is 35.6 Å². The van der Waals surface area contributed by atoms with E-state index in [9.17, 15) is 14.0 Å². The Morgan fingerprint density at radius 1 is 1.26 bits per heavy atom. The van der Waals surface area contributed by atoms with Crippen LogP contribution >= 0.6 is 0 Å². The summed E-state index contributed by atoms with van der Waals surface area (Å²) in [5.74, 6) is -0.948. The summed E-state index contributed by atoms with van der Waals surface area (Å²) in [7, 11) is 0. The molecule has 0 aromatic heterocycles. The Morgan fingerprint density at radius 2 is 2.04 bits per heavy atom. The highest BCUT2D eigenvalue weighted by Crippen LogP contribution is 2.33. The van der Waals surface area contributed by atoms with Crippen molar-refractivity contribution in [1.82, 2.24) is 15.5 Å². The SMILES string of the molecule is CCCNC(=O)C1CN(C(=O)NCC)CC1c1cccc(F)c1.